The fourth-order valence-corrected chi connectivity index (χ4v) is 4.38. The van der Waals surface area contributed by atoms with Crippen LogP contribution in [0.15, 0.2) is 12.4 Å². The average Bonchev–Trinajstić information content (AvgIpc) is 3.25. The summed E-state index contributed by atoms with van der Waals surface area (Å²) >= 11 is 1.31. The van der Waals surface area contributed by atoms with Crippen molar-refractivity contribution >= 4 is 22.4 Å². The Kier molecular flexibility index (Phi) is 5.73. The molecule has 2 N–H and O–H groups in total. The molecule has 1 aliphatic heterocycles. The number of unbranched alkanes of at least 4 members (excludes halogenated alkanes) is 1. The van der Waals surface area contributed by atoms with E-state index in [1.165, 1.54) is 17.8 Å². The van der Waals surface area contributed by atoms with Crippen LogP contribution >= 0.6 is 11.3 Å². The van der Waals surface area contributed by atoms with Crippen LogP contribution in [0, 0.1) is 0 Å². The number of aryl methyl sites for hydroxylation is 2. The zero-order valence-electron chi connectivity index (χ0n) is 15.1. The third-order valence-electron chi connectivity index (χ3n) is 4.82. The van der Waals surface area contributed by atoms with Crippen molar-refractivity contribution in [3.05, 3.63) is 28.8 Å². The number of amides is 1. The molecule has 1 aliphatic rings. The summed E-state index contributed by atoms with van der Waals surface area (Å²) in [5.74, 6) is 1.49. The predicted octanol–water partition coefficient (Wildman–Crippen LogP) is 3.30. The lowest BCUT2D eigenvalue weighted by atomic mass is 9.96. The van der Waals surface area contributed by atoms with E-state index in [9.17, 15) is 4.79 Å². The number of rotatable bonds is 6. The number of likely N-dealkylation sites (tertiary alicyclic amines) is 1. The topological polar surface area (TPSA) is 77.0 Å². The SMILES string of the molecule is CCCCn1ccnc1C1CCCN(C(=O)c2sc(N)nc2CC)C1. The minimum absolute atomic E-state index is 0.0717. The Bertz CT molecular complexity index is 723. The molecule has 2 aromatic rings. The summed E-state index contributed by atoms with van der Waals surface area (Å²) in [6, 6.07) is 0. The van der Waals surface area contributed by atoms with Gasteiger partial charge in [-0.05, 0) is 25.7 Å². The predicted molar refractivity (Wildman–Crippen MR) is 101 cm³/mol. The first-order valence-electron chi connectivity index (χ1n) is 9.19. The molecule has 136 valence electrons. The summed E-state index contributed by atoms with van der Waals surface area (Å²) in [7, 11) is 0. The van der Waals surface area contributed by atoms with Crippen molar-refractivity contribution in [1.82, 2.24) is 19.4 Å². The Labute approximate surface area is 153 Å². The van der Waals surface area contributed by atoms with Gasteiger partial charge in [-0.25, -0.2) is 9.97 Å². The highest BCUT2D eigenvalue weighted by Crippen LogP contribution is 2.29. The second kappa shape index (κ2) is 7.99. The highest BCUT2D eigenvalue weighted by molar-refractivity contribution is 7.17. The Morgan fingerprint density at radius 1 is 1.44 bits per heavy atom. The maximum Gasteiger partial charge on any atom is 0.265 e. The number of anilines is 1. The van der Waals surface area contributed by atoms with Crippen LogP contribution in [-0.4, -0.2) is 38.4 Å². The molecule has 1 atom stereocenters. The Balaban J connectivity index is 1.75. The van der Waals surface area contributed by atoms with Crippen LogP contribution < -0.4 is 5.73 Å². The van der Waals surface area contributed by atoms with Crippen molar-refractivity contribution in [3.8, 4) is 0 Å². The molecule has 0 saturated carbocycles. The van der Waals surface area contributed by atoms with Crippen molar-refractivity contribution in [1.29, 1.82) is 0 Å². The van der Waals surface area contributed by atoms with Gasteiger partial charge in [0.1, 0.15) is 10.7 Å². The maximum atomic E-state index is 13.0. The Hall–Kier alpha value is -1.89. The summed E-state index contributed by atoms with van der Waals surface area (Å²) < 4.78 is 2.25. The standard InChI is InChI=1S/C18H27N5OS/c1-3-5-9-22-11-8-20-16(22)13-7-6-10-23(12-13)17(24)15-14(4-2)21-18(19)25-15/h8,11,13H,3-7,9-10,12H2,1-2H3,(H2,19,21). The van der Waals surface area contributed by atoms with E-state index < -0.39 is 0 Å². The van der Waals surface area contributed by atoms with Crippen molar-refractivity contribution < 1.29 is 4.79 Å². The van der Waals surface area contributed by atoms with E-state index in [0.717, 1.165) is 56.8 Å². The van der Waals surface area contributed by atoms with Crippen molar-refractivity contribution in [2.45, 2.75) is 58.4 Å². The molecule has 0 bridgehead atoms. The zero-order chi connectivity index (χ0) is 17.8. The van der Waals surface area contributed by atoms with E-state index in [1.54, 1.807) is 0 Å². The normalized spacial score (nSPS) is 17.8. The summed E-state index contributed by atoms with van der Waals surface area (Å²) in [6.45, 7) is 6.73. The van der Waals surface area contributed by atoms with Gasteiger partial charge in [-0.2, -0.15) is 0 Å². The van der Waals surface area contributed by atoms with Crippen LogP contribution in [0.2, 0.25) is 0 Å². The molecule has 1 saturated heterocycles. The molecule has 3 heterocycles. The first kappa shape index (κ1) is 17.9. The third-order valence-corrected chi connectivity index (χ3v) is 5.73. The molecule has 1 amide bonds. The quantitative estimate of drug-likeness (QED) is 0.856. The van der Waals surface area contributed by atoms with Gasteiger partial charge in [0.05, 0.1) is 5.69 Å². The molecular formula is C18H27N5OS. The van der Waals surface area contributed by atoms with E-state index >= 15 is 0 Å². The van der Waals surface area contributed by atoms with E-state index in [0.29, 0.717) is 15.9 Å². The van der Waals surface area contributed by atoms with Gasteiger partial charge in [-0.3, -0.25) is 4.79 Å². The fraction of sp³-hybridized carbons (Fsp3) is 0.611. The molecule has 0 spiro atoms. The lowest BCUT2D eigenvalue weighted by Crippen LogP contribution is -2.39. The van der Waals surface area contributed by atoms with Gasteiger partial charge >= 0.3 is 0 Å². The van der Waals surface area contributed by atoms with Crippen LogP contribution in [-0.2, 0) is 13.0 Å². The Morgan fingerprint density at radius 3 is 3.04 bits per heavy atom. The summed E-state index contributed by atoms with van der Waals surface area (Å²) in [5.41, 5.74) is 6.64. The van der Waals surface area contributed by atoms with E-state index in [-0.39, 0.29) is 5.91 Å². The van der Waals surface area contributed by atoms with Crippen LogP contribution in [0.1, 0.15) is 66.6 Å². The second-order valence-electron chi connectivity index (χ2n) is 6.60. The van der Waals surface area contributed by atoms with Gasteiger partial charge in [0.25, 0.3) is 5.91 Å². The summed E-state index contributed by atoms with van der Waals surface area (Å²) in [6.07, 6.45) is 9.08. The third kappa shape index (κ3) is 3.86. The number of piperidine rings is 1. The van der Waals surface area contributed by atoms with Crippen LogP contribution in [0.5, 0.6) is 0 Å². The highest BCUT2D eigenvalue weighted by Gasteiger charge is 2.30. The van der Waals surface area contributed by atoms with Crippen LogP contribution in [0.25, 0.3) is 0 Å². The largest absolute Gasteiger partial charge is 0.375 e. The number of aromatic nitrogens is 3. The number of thiazole rings is 1. The number of nitrogen functional groups attached to an aromatic ring is 1. The first-order valence-corrected chi connectivity index (χ1v) is 10.0. The number of imidazole rings is 1. The molecule has 3 rings (SSSR count). The van der Waals surface area contributed by atoms with Crippen molar-refractivity contribution in [2.24, 2.45) is 0 Å². The summed E-state index contributed by atoms with van der Waals surface area (Å²) in [4.78, 5) is 24.5. The van der Waals surface area contributed by atoms with Gasteiger partial charge in [0.15, 0.2) is 5.13 Å². The number of hydrogen-bond acceptors (Lipinski definition) is 5. The number of hydrogen-bond donors (Lipinski definition) is 1. The molecule has 1 fully saturated rings. The fourth-order valence-electron chi connectivity index (χ4n) is 3.49. The van der Waals surface area contributed by atoms with Crippen molar-refractivity contribution in [3.63, 3.8) is 0 Å². The minimum atomic E-state index is 0.0717. The van der Waals surface area contributed by atoms with Crippen molar-refractivity contribution in [2.75, 3.05) is 18.8 Å². The smallest absolute Gasteiger partial charge is 0.265 e. The monoisotopic (exact) mass is 361 g/mol. The zero-order valence-corrected chi connectivity index (χ0v) is 15.9. The van der Waals surface area contributed by atoms with Crippen LogP contribution in [0.3, 0.4) is 0 Å². The molecule has 0 aromatic carbocycles. The summed E-state index contributed by atoms with van der Waals surface area (Å²) in [5, 5.41) is 0.476. The van der Waals surface area contributed by atoms with Gasteiger partial charge in [0.2, 0.25) is 0 Å². The molecular weight excluding hydrogens is 334 g/mol. The second-order valence-corrected chi connectivity index (χ2v) is 7.63. The molecule has 2 aromatic heterocycles. The first-order chi connectivity index (χ1) is 12.1. The van der Waals surface area contributed by atoms with Gasteiger partial charge in [-0.15, -0.1) is 0 Å². The average molecular weight is 362 g/mol. The number of carbonyl (C=O) groups is 1. The molecule has 0 radical (unpaired) electrons. The lowest BCUT2D eigenvalue weighted by molar-refractivity contribution is 0.0707. The van der Waals surface area contributed by atoms with E-state index in [1.807, 2.05) is 18.0 Å². The van der Waals surface area contributed by atoms with E-state index in [2.05, 4.69) is 27.7 Å². The van der Waals surface area contributed by atoms with Gasteiger partial charge in [0, 0.05) is 37.9 Å². The maximum absolute atomic E-state index is 13.0. The Morgan fingerprint density at radius 2 is 2.28 bits per heavy atom. The van der Waals surface area contributed by atoms with Gasteiger partial charge < -0.3 is 15.2 Å². The number of carbonyl (C=O) groups excluding carboxylic acids is 1. The molecule has 0 aliphatic carbocycles. The minimum Gasteiger partial charge on any atom is -0.375 e. The lowest BCUT2D eigenvalue weighted by Gasteiger charge is -2.32. The number of nitrogens with zero attached hydrogens (tertiary/aromatic N) is 4. The highest BCUT2D eigenvalue weighted by atomic mass is 32.1. The molecule has 25 heavy (non-hydrogen) atoms. The van der Waals surface area contributed by atoms with Gasteiger partial charge in [-0.1, -0.05) is 31.6 Å². The van der Waals surface area contributed by atoms with Crippen LogP contribution in [0.4, 0.5) is 5.13 Å². The van der Waals surface area contributed by atoms with E-state index in [4.69, 9.17) is 5.73 Å². The molecule has 1 unspecified atom stereocenters. The number of nitrogens with two attached hydrogens (primary N) is 1. The molecule has 7 heteroatoms. The molecule has 6 nitrogen and oxygen atoms in total.